The number of nitrogens with one attached hydrogen (secondary N) is 2. The van der Waals surface area contributed by atoms with Gasteiger partial charge in [-0.15, -0.1) is 0 Å². The fourth-order valence-electron chi connectivity index (χ4n) is 1.96. The van der Waals surface area contributed by atoms with Gasteiger partial charge in [-0.05, 0) is 59.6 Å². The zero-order chi connectivity index (χ0) is 20.1. The lowest BCUT2D eigenvalue weighted by atomic mass is 10.1. The van der Waals surface area contributed by atoms with Crippen molar-refractivity contribution in [1.29, 1.82) is 0 Å². The molecule has 0 radical (unpaired) electrons. The van der Waals surface area contributed by atoms with Crippen molar-refractivity contribution in [3.05, 3.63) is 26.9 Å². The summed E-state index contributed by atoms with van der Waals surface area (Å²) >= 11 is 3.18. The predicted octanol–water partition coefficient (Wildman–Crippen LogP) is 2.62. The van der Waals surface area contributed by atoms with Gasteiger partial charge in [-0.1, -0.05) is 0 Å². The van der Waals surface area contributed by atoms with Crippen LogP contribution in [0.4, 0.5) is 16.3 Å². The first-order valence-corrected chi connectivity index (χ1v) is 8.37. The molecule has 11 heteroatoms. The first kappa shape index (κ1) is 21.6. The summed E-state index contributed by atoms with van der Waals surface area (Å²) in [5.41, 5.74) is -0.675. The van der Waals surface area contributed by atoms with E-state index in [9.17, 15) is 19.7 Å². The van der Waals surface area contributed by atoms with Gasteiger partial charge in [0.1, 0.15) is 17.3 Å². The second-order valence-corrected chi connectivity index (χ2v) is 7.28. The number of anilines is 1. The lowest BCUT2D eigenvalue weighted by Gasteiger charge is -2.26. The molecule has 0 unspecified atom stereocenters. The number of carbonyl (C=O) groups excluding carboxylic acids is 2. The van der Waals surface area contributed by atoms with E-state index >= 15 is 0 Å². The lowest BCUT2D eigenvalue weighted by Crippen LogP contribution is -2.52. The van der Waals surface area contributed by atoms with E-state index in [0.29, 0.717) is 4.47 Å². The summed E-state index contributed by atoms with van der Waals surface area (Å²) in [6.45, 7) is 6.59. The molecule has 1 aromatic rings. The van der Waals surface area contributed by atoms with E-state index < -0.39 is 40.5 Å². The molecule has 1 heterocycles. The number of hydrogen-bond donors (Lipinski definition) is 2. The highest BCUT2D eigenvalue weighted by atomic mass is 79.9. The third-order valence-electron chi connectivity index (χ3n) is 3.02. The maximum atomic E-state index is 12.0. The van der Waals surface area contributed by atoms with Crippen LogP contribution in [0.15, 0.2) is 16.7 Å². The average molecular weight is 433 g/mol. The molecular formula is C15H21BrN4O6. The van der Waals surface area contributed by atoms with Crippen molar-refractivity contribution >= 4 is 39.5 Å². The van der Waals surface area contributed by atoms with Gasteiger partial charge in [0.2, 0.25) is 0 Å². The molecule has 1 amide bonds. The maximum absolute atomic E-state index is 12.0. The Labute approximate surface area is 158 Å². The van der Waals surface area contributed by atoms with Crippen molar-refractivity contribution in [3.63, 3.8) is 0 Å². The molecule has 0 aliphatic heterocycles. The maximum Gasteiger partial charge on any atom is 0.408 e. The van der Waals surface area contributed by atoms with Gasteiger partial charge in [0.05, 0.1) is 17.6 Å². The number of halogens is 1. The summed E-state index contributed by atoms with van der Waals surface area (Å²) in [4.78, 5) is 38.2. The second kappa shape index (κ2) is 8.79. The summed E-state index contributed by atoms with van der Waals surface area (Å²) in [6, 6.07) is -0.457. The van der Waals surface area contributed by atoms with Crippen molar-refractivity contribution in [1.82, 2.24) is 10.3 Å². The Balaban J connectivity index is 3.02. The third kappa shape index (κ3) is 6.47. The van der Waals surface area contributed by atoms with Crippen molar-refractivity contribution < 1.29 is 24.0 Å². The fraction of sp³-hybridized carbons (Fsp3) is 0.533. The molecule has 144 valence electrons. The van der Waals surface area contributed by atoms with E-state index in [1.165, 1.54) is 19.4 Å². The fourth-order valence-corrected chi connectivity index (χ4v) is 2.29. The van der Waals surface area contributed by atoms with Gasteiger partial charge >= 0.3 is 17.9 Å². The summed E-state index contributed by atoms with van der Waals surface area (Å²) in [5, 5.41) is 16.3. The predicted molar refractivity (Wildman–Crippen MR) is 96.8 cm³/mol. The van der Waals surface area contributed by atoms with Gasteiger partial charge < -0.3 is 30.2 Å². The normalized spacial score (nSPS) is 13.3. The number of nitrogens with zero attached hydrogens (tertiary/aromatic N) is 2. The summed E-state index contributed by atoms with van der Waals surface area (Å²) < 4.78 is 10.3. The number of esters is 1. The van der Waals surface area contributed by atoms with Crippen LogP contribution in [0.2, 0.25) is 0 Å². The number of nitro groups is 1. The van der Waals surface area contributed by atoms with E-state index in [1.54, 1.807) is 27.7 Å². The van der Waals surface area contributed by atoms with E-state index in [2.05, 4.69) is 31.5 Å². The molecule has 0 aliphatic rings. The Morgan fingerprint density at radius 3 is 2.50 bits per heavy atom. The minimum Gasteiger partial charge on any atom is -0.467 e. The van der Waals surface area contributed by atoms with Crippen LogP contribution in [-0.4, -0.2) is 46.8 Å². The molecular weight excluding hydrogens is 412 g/mol. The van der Waals surface area contributed by atoms with E-state index in [-0.39, 0.29) is 5.69 Å². The molecule has 0 saturated heterocycles. The van der Waals surface area contributed by atoms with Crippen LogP contribution in [0.3, 0.4) is 0 Å². The zero-order valence-corrected chi connectivity index (χ0v) is 16.6. The molecule has 0 saturated carbocycles. The number of carbonyl (C=O) groups is 2. The SMILES string of the molecule is COC(=O)[C@H](NC(=O)OC(C)(C)C)[C@@H](C)Nc1cc(Br)cnc1[N+](=O)[O-]. The van der Waals surface area contributed by atoms with Crippen LogP contribution >= 0.6 is 15.9 Å². The third-order valence-corrected chi connectivity index (χ3v) is 3.45. The Bertz CT molecular complexity index is 691. The molecule has 0 spiro atoms. The first-order valence-electron chi connectivity index (χ1n) is 7.58. The van der Waals surface area contributed by atoms with Crippen LogP contribution < -0.4 is 10.6 Å². The second-order valence-electron chi connectivity index (χ2n) is 6.36. The van der Waals surface area contributed by atoms with Crippen molar-refractivity contribution in [2.75, 3.05) is 12.4 Å². The Morgan fingerprint density at radius 2 is 2.00 bits per heavy atom. The highest BCUT2D eigenvalue weighted by molar-refractivity contribution is 9.10. The average Bonchev–Trinajstić information content (AvgIpc) is 2.49. The van der Waals surface area contributed by atoms with Crippen LogP contribution in [0.25, 0.3) is 0 Å². The van der Waals surface area contributed by atoms with Gasteiger partial charge in [-0.3, -0.25) is 0 Å². The van der Waals surface area contributed by atoms with Gasteiger partial charge in [0.25, 0.3) is 0 Å². The van der Waals surface area contributed by atoms with Gasteiger partial charge in [-0.2, -0.15) is 0 Å². The van der Waals surface area contributed by atoms with Crippen LogP contribution in [-0.2, 0) is 14.3 Å². The number of rotatable bonds is 6. The van der Waals surface area contributed by atoms with Gasteiger partial charge in [0, 0.05) is 0 Å². The monoisotopic (exact) mass is 432 g/mol. The molecule has 26 heavy (non-hydrogen) atoms. The number of ether oxygens (including phenoxy) is 2. The number of amides is 1. The van der Waals surface area contributed by atoms with Crippen LogP contribution in [0.5, 0.6) is 0 Å². The Kier molecular flexibility index (Phi) is 7.30. The minimum absolute atomic E-state index is 0.0803. The number of alkyl carbamates (subject to hydrolysis) is 1. The number of aromatic nitrogens is 1. The lowest BCUT2D eigenvalue weighted by molar-refractivity contribution is -0.388. The molecule has 0 aromatic carbocycles. The smallest absolute Gasteiger partial charge is 0.408 e. The van der Waals surface area contributed by atoms with Crippen LogP contribution in [0, 0.1) is 10.1 Å². The van der Waals surface area contributed by atoms with Gasteiger partial charge in [-0.25, -0.2) is 9.59 Å². The zero-order valence-electron chi connectivity index (χ0n) is 15.0. The summed E-state index contributed by atoms with van der Waals surface area (Å²) in [5.74, 6) is -1.15. The number of methoxy groups -OCH3 is 1. The number of pyridine rings is 1. The Hall–Kier alpha value is -2.43. The van der Waals surface area contributed by atoms with E-state index in [0.717, 1.165) is 0 Å². The molecule has 2 N–H and O–H groups in total. The van der Waals surface area contributed by atoms with Crippen LogP contribution in [0.1, 0.15) is 27.7 Å². The van der Waals surface area contributed by atoms with E-state index in [1.807, 2.05) is 0 Å². The molecule has 2 atom stereocenters. The number of hydrogen-bond acceptors (Lipinski definition) is 8. The van der Waals surface area contributed by atoms with Crippen molar-refractivity contribution in [3.8, 4) is 0 Å². The highest BCUT2D eigenvalue weighted by Crippen LogP contribution is 2.26. The molecule has 0 bridgehead atoms. The molecule has 10 nitrogen and oxygen atoms in total. The quantitative estimate of drug-likeness (QED) is 0.398. The molecule has 0 aliphatic carbocycles. The molecule has 1 rings (SSSR count). The highest BCUT2D eigenvalue weighted by Gasteiger charge is 2.31. The standard InChI is InChI=1S/C15H21BrN4O6/c1-8(18-10-6-9(16)7-17-12(10)20(23)24)11(13(21)25-5)19-14(22)26-15(2,3)4/h6-8,11,18H,1-5H3,(H,19,22)/t8-,11-/m1/s1. The summed E-state index contributed by atoms with van der Waals surface area (Å²) in [7, 11) is 1.17. The Morgan fingerprint density at radius 1 is 1.38 bits per heavy atom. The first-order chi connectivity index (χ1) is 11.9. The summed E-state index contributed by atoms with van der Waals surface area (Å²) in [6.07, 6.45) is 0.466. The van der Waals surface area contributed by atoms with Crippen molar-refractivity contribution in [2.24, 2.45) is 0 Å². The van der Waals surface area contributed by atoms with Crippen molar-refractivity contribution in [2.45, 2.75) is 45.4 Å². The molecule has 0 fully saturated rings. The van der Waals surface area contributed by atoms with E-state index in [4.69, 9.17) is 9.47 Å². The minimum atomic E-state index is -1.14. The topological polar surface area (TPSA) is 133 Å². The molecule has 1 aromatic heterocycles. The largest absolute Gasteiger partial charge is 0.467 e. The van der Waals surface area contributed by atoms with Gasteiger partial charge in [0.15, 0.2) is 6.20 Å².